The Morgan fingerprint density at radius 2 is 1.94 bits per heavy atom. The minimum atomic E-state index is -0.978. The average Bonchev–Trinajstić information content (AvgIpc) is 3.94. The lowest BCUT2D eigenvalue weighted by Gasteiger charge is -2.33. The first-order chi connectivity index (χ1) is 25.7. The van der Waals surface area contributed by atoms with Crippen LogP contribution < -0.4 is 15.4 Å². The number of nitrogens with two attached hydrogens (primary N) is 1. The Morgan fingerprint density at radius 1 is 1.13 bits per heavy atom. The zero-order valence-corrected chi connectivity index (χ0v) is 30.3. The number of anilines is 2. The van der Waals surface area contributed by atoms with E-state index in [1.54, 1.807) is 11.0 Å². The molecule has 0 bridgehead atoms. The van der Waals surface area contributed by atoms with Crippen molar-refractivity contribution in [1.82, 2.24) is 34.5 Å². The average molecular weight is 765 g/mol. The van der Waals surface area contributed by atoms with E-state index in [9.17, 15) is 14.4 Å². The third-order valence-corrected chi connectivity index (χ3v) is 12.0. The Bertz CT molecular complexity index is 2250. The van der Waals surface area contributed by atoms with Gasteiger partial charge >= 0.3 is 12.0 Å². The second-order valence-corrected chi connectivity index (χ2v) is 15.4. The van der Waals surface area contributed by atoms with E-state index in [0.29, 0.717) is 31.9 Å². The fourth-order valence-corrected chi connectivity index (χ4v) is 9.38. The monoisotopic (exact) mass is 764 g/mol. The molecule has 3 fully saturated rings. The SMILES string of the molecule is N#Cc1c(N)sc2c(F)ccc(-c3c(Cl)cc4c(N5CCCCCCCN(C(=O)n6cncn6)C5)nc(OC[C@@]56CCCN5C[C@H](F)C6)nc4c3F)c12. The Morgan fingerprint density at radius 3 is 2.74 bits per heavy atom. The number of halogens is 4. The number of carbonyl (C=O) groups is 1. The Balaban J connectivity index is 1.28. The molecule has 0 unspecified atom stereocenters. The second kappa shape index (κ2) is 14.3. The van der Waals surface area contributed by atoms with Crippen molar-refractivity contribution >= 4 is 60.8 Å². The van der Waals surface area contributed by atoms with E-state index >= 15 is 8.78 Å². The normalized spacial score (nSPS) is 21.3. The van der Waals surface area contributed by atoms with Gasteiger partial charge in [-0.2, -0.15) is 25.0 Å². The molecule has 3 saturated heterocycles. The number of carbonyl (C=O) groups excluding carboxylic acids is 1. The summed E-state index contributed by atoms with van der Waals surface area (Å²) in [5.41, 5.74) is 5.58. The van der Waals surface area contributed by atoms with E-state index in [0.717, 1.165) is 62.8 Å². The van der Waals surface area contributed by atoms with Crippen LogP contribution in [0.5, 0.6) is 6.01 Å². The zero-order chi connectivity index (χ0) is 36.9. The van der Waals surface area contributed by atoms with Crippen LogP contribution >= 0.6 is 22.9 Å². The molecule has 12 nitrogen and oxygen atoms in total. The number of rotatable bonds is 5. The summed E-state index contributed by atoms with van der Waals surface area (Å²) in [5.74, 6) is -1.13. The summed E-state index contributed by atoms with van der Waals surface area (Å²) < 4.78 is 54.5. The molecule has 3 aromatic heterocycles. The number of hydrogen-bond donors (Lipinski definition) is 1. The highest BCUT2D eigenvalue weighted by Gasteiger charge is 2.49. The highest BCUT2D eigenvalue weighted by Crippen LogP contribution is 2.46. The van der Waals surface area contributed by atoms with Gasteiger partial charge in [0.05, 0.1) is 27.5 Å². The number of ether oxygens (including phenoxy) is 1. The molecule has 5 aromatic rings. The molecular weight excluding hydrogens is 729 g/mol. The summed E-state index contributed by atoms with van der Waals surface area (Å²) in [6.45, 7) is 2.19. The molecule has 276 valence electrons. The van der Waals surface area contributed by atoms with Crippen molar-refractivity contribution in [3.63, 3.8) is 0 Å². The number of nitriles is 1. The van der Waals surface area contributed by atoms with E-state index < -0.39 is 23.3 Å². The van der Waals surface area contributed by atoms with Gasteiger partial charge in [0.1, 0.15) is 53.7 Å². The van der Waals surface area contributed by atoms with Crippen LogP contribution in [0.25, 0.3) is 32.1 Å². The predicted octanol–water partition coefficient (Wildman–Crippen LogP) is 7.14. The van der Waals surface area contributed by atoms with E-state index in [1.807, 2.05) is 11.0 Å². The zero-order valence-electron chi connectivity index (χ0n) is 28.7. The maximum atomic E-state index is 17.3. The number of nitrogens with zero attached hydrogens (tertiary/aromatic N) is 9. The summed E-state index contributed by atoms with van der Waals surface area (Å²) >= 11 is 7.84. The number of fused-ring (bicyclic) bond motifs is 3. The standard InChI is InChI=1S/C36H36ClF3N10O2S/c37-25-13-23-30(29(40)28(25)22-7-8-26(39)31-27(22)24(15-41)32(42)53-31)45-34(52-17-36-9-6-12-49(36)16-21(38)14-36)46-33(23)47-10-4-2-1-3-5-11-48(20-47)35(51)50-19-43-18-44-50/h7-8,13,18-19,21H,1-6,9-12,14,16-17,20,42H2/t21-,36+/m1/s1. The van der Waals surface area contributed by atoms with Gasteiger partial charge < -0.3 is 20.3 Å². The first-order valence-corrected chi connectivity index (χ1v) is 18.9. The van der Waals surface area contributed by atoms with E-state index in [2.05, 4.69) is 20.0 Å². The second-order valence-electron chi connectivity index (χ2n) is 13.9. The first-order valence-electron chi connectivity index (χ1n) is 17.7. The van der Waals surface area contributed by atoms with Gasteiger partial charge in [-0.15, -0.1) is 11.3 Å². The van der Waals surface area contributed by atoms with Crippen LogP contribution in [0.4, 0.5) is 28.8 Å². The maximum Gasteiger partial charge on any atom is 0.347 e. The summed E-state index contributed by atoms with van der Waals surface area (Å²) in [6.07, 6.45) is 8.04. The van der Waals surface area contributed by atoms with Gasteiger partial charge in [0.25, 0.3) is 0 Å². The van der Waals surface area contributed by atoms with Crippen molar-refractivity contribution in [2.75, 3.05) is 50.1 Å². The summed E-state index contributed by atoms with van der Waals surface area (Å²) in [4.78, 5) is 32.7. The lowest BCUT2D eigenvalue weighted by atomic mass is 9.95. The van der Waals surface area contributed by atoms with Crippen LogP contribution in [-0.4, -0.2) is 91.7 Å². The molecule has 53 heavy (non-hydrogen) atoms. The van der Waals surface area contributed by atoms with Crippen molar-refractivity contribution in [3.8, 4) is 23.2 Å². The topological polar surface area (TPSA) is 142 Å². The molecule has 2 aromatic carbocycles. The number of aromatic nitrogens is 5. The summed E-state index contributed by atoms with van der Waals surface area (Å²) in [6, 6.07) is 5.65. The number of nitrogen functional groups attached to an aromatic ring is 1. The van der Waals surface area contributed by atoms with E-state index in [4.69, 9.17) is 27.1 Å². The Labute approximate surface area is 311 Å². The Hall–Kier alpha value is -4.72. The van der Waals surface area contributed by atoms with Gasteiger partial charge in [0, 0.05) is 42.4 Å². The molecule has 1 amide bonds. The van der Waals surface area contributed by atoms with Crippen LogP contribution in [0.15, 0.2) is 30.9 Å². The smallest absolute Gasteiger partial charge is 0.347 e. The quantitative estimate of drug-likeness (QED) is 0.196. The molecule has 3 aliphatic rings. The molecule has 2 N–H and O–H groups in total. The fourth-order valence-electron chi connectivity index (χ4n) is 8.13. The summed E-state index contributed by atoms with van der Waals surface area (Å²) in [5, 5.41) is 14.5. The van der Waals surface area contributed by atoms with Gasteiger partial charge in [-0.3, -0.25) is 4.90 Å². The molecule has 0 spiro atoms. The minimum Gasteiger partial charge on any atom is -0.461 e. The number of amides is 1. The van der Waals surface area contributed by atoms with Gasteiger partial charge in [-0.05, 0) is 49.9 Å². The number of thiophene rings is 1. The third kappa shape index (κ3) is 6.38. The van der Waals surface area contributed by atoms with Crippen molar-refractivity contribution < 1.29 is 22.7 Å². The largest absolute Gasteiger partial charge is 0.461 e. The van der Waals surface area contributed by atoms with Gasteiger partial charge in [0.15, 0.2) is 5.82 Å². The molecule has 3 aliphatic heterocycles. The van der Waals surface area contributed by atoms with Gasteiger partial charge in [-0.25, -0.2) is 22.9 Å². The van der Waals surface area contributed by atoms with Crippen molar-refractivity contribution in [3.05, 3.63) is 53.1 Å². The van der Waals surface area contributed by atoms with E-state index in [-0.39, 0.29) is 73.0 Å². The predicted molar refractivity (Wildman–Crippen MR) is 196 cm³/mol. The lowest BCUT2D eigenvalue weighted by molar-refractivity contribution is 0.107. The molecule has 0 aliphatic carbocycles. The van der Waals surface area contributed by atoms with Crippen molar-refractivity contribution in [2.45, 2.75) is 63.1 Å². The van der Waals surface area contributed by atoms with Crippen LogP contribution in [0.2, 0.25) is 5.02 Å². The molecule has 0 saturated carbocycles. The lowest BCUT2D eigenvalue weighted by Crippen LogP contribution is -2.45. The van der Waals surface area contributed by atoms with Gasteiger partial charge in [0.2, 0.25) is 0 Å². The molecule has 2 atom stereocenters. The molecule has 17 heteroatoms. The highest BCUT2D eigenvalue weighted by molar-refractivity contribution is 7.23. The number of alkyl halides is 1. The Kier molecular flexibility index (Phi) is 9.50. The van der Waals surface area contributed by atoms with Crippen LogP contribution in [0.1, 0.15) is 56.9 Å². The summed E-state index contributed by atoms with van der Waals surface area (Å²) in [7, 11) is 0. The number of benzene rings is 2. The van der Waals surface area contributed by atoms with Crippen molar-refractivity contribution in [1.29, 1.82) is 5.26 Å². The van der Waals surface area contributed by atoms with Crippen molar-refractivity contribution in [2.24, 2.45) is 0 Å². The molecular formula is C36H36ClF3N10O2S. The molecule has 0 radical (unpaired) electrons. The maximum absolute atomic E-state index is 17.3. The highest BCUT2D eigenvalue weighted by atomic mass is 35.5. The third-order valence-electron chi connectivity index (χ3n) is 10.7. The first kappa shape index (κ1) is 35.3. The molecule has 8 rings (SSSR count). The van der Waals surface area contributed by atoms with Crippen LogP contribution in [-0.2, 0) is 0 Å². The van der Waals surface area contributed by atoms with Gasteiger partial charge in [-0.1, -0.05) is 36.9 Å². The fraction of sp³-hybridized carbons (Fsp3) is 0.444. The van der Waals surface area contributed by atoms with Crippen LogP contribution in [0, 0.1) is 23.0 Å². The number of hydrogen-bond acceptors (Lipinski definition) is 11. The minimum absolute atomic E-state index is 0.0212. The van der Waals surface area contributed by atoms with E-state index in [1.165, 1.54) is 29.5 Å². The molecule has 6 heterocycles. The van der Waals surface area contributed by atoms with Crippen LogP contribution in [0.3, 0.4) is 0 Å².